The van der Waals surface area contributed by atoms with E-state index in [1.54, 1.807) is 6.07 Å². The number of aryl methyl sites for hydroxylation is 1. The number of fused-ring (bicyclic) bond motifs is 1. The van der Waals surface area contributed by atoms with Crippen LogP contribution < -0.4 is 10.5 Å². The van der Waals surface area contributed by atoms with E-state index in [1.165, 1.54) is 0 Å². The van der Waals surface area contributed by atoms with Crippen LogP contribution in [0.3, 0.4) is 0 Å². The average Bonchev–Trinajstić information content (AvgIpc) is 2.43. The Labute approximate surface area is 110 Å². The van der Waals surface area contributed by atoms with E-state index in [-0.39, 0.29) is 6.01 Å². The minimum absolute atomic E-state index is 0.215. The van der Waals surface area contributed by atoms with Gasteiger partial charge in [-0.25, -0.2) is 0 Å². The number of ether oxygens (including phenoxy) is 1. The summed E-state index contributed by atoms with van der Waals surface area (Å²) < 4.78 is 5.63. The summed E-state index contributed by atoms with van der Waals surface area (Å²) in [4.78, 5) is 4.30. The maximum absolute atomic E-state index is 5.74. The maximum atomic E-state index is 5.74. The third kappa shape index (κ3) is 2.30. The summed E-state index contributed by atoms with van der Waals surface area (Å²) in [7, 11) is 0. The highest BCUT2D eigenvalue weighted by Crippen LogP contribution is 2.25. The summed E-state index contributed by atoms with van der Waals surface area (Å²) in [5.74, 6) is 0.636. The molecule has 2 N–H and O–H groups in total. The van der Waals surface area contributed by atoms with E-state index in [0.717, 1.165) is 16.6 Å². The molecule has 94 valence electrons. The molecule has 0 unspecified atom stereocenters. The number of nitrogens with zero attached hydrogens (tertiary/aromatic N) is 3. The van der Waals surface area contributed by atoms with E-state index in [0.29, 0.717) is 11.4 Å². The lowest BCUT2D eigenvalue weighted by atomic mass is 10.2. The van der Waals surface area contributed by atoms with Crippen LogP contribution in [-0.2, 0) is 0 Å². The molecule has 0 saturated carbocycles. The monoisotopic (exact) mass is 252 g/mol. The Kier molecular flexibility index (Phi) is 2.72. The first kappa shape index (κ1) is 11.4. The number of anilines is 1. The Bertz CT molecular complexity index is 742. The van der Waals surface area contributed by atoms with Gasteiger partial charge in [0.2, 0.25) is 0 Å². The predicted molar refractivity (Wildman–Crippen MR) is 73.0 cm³/mol. The van der Waals surface area contributed by atoms with Crippen molar-refractivity contribution in [2.75, 3.05) is 5.73 Å². The van der Waals surface area contributed by atoms with Gasteiger partial charge in [-0.05, 0) is 30.7 Å². The van der Waals surface area contributed by atoms with Gasteiger partial charge in [-0.2, -0.15) is 4.98 Å². The van der Waals surface area contributed by atoms with Gasteiger partial charge in [0, 0.05) is 11.8 Å². The van der Waals surface area contributed by atoms with E-state index in [1.807, 2.05) is 43.3 Å². The van der Waals surface area contributed by atoms with E-state index in [2.05, 4.69) is 15.2 Å². The van der Waals surface area contributed by atoms with Crippen molar-refractivity contribution in [3.05, 3.63) is 48.0 Å². The van der Waals surface area contributed by atoms with Gasteiger partial charge in [-0.3, -0.25) is 0 Å². The van der Waals surface area contributed by atoms with Crippen molar-refractivity contribution in [1.82, 2.24) is 15.2 Å². The molecular weight excluding hydrogens is 240 g/mol. The second-order valence-corrected chi connectivity index (χ2v) is 4.21. The SMILES string of the molecule is Cc1ccc(N)cc1Oc1nnc2ccccc2n1. The van der Waals surface area contributed by atoms with Gasteiger partial charge in [0.15, 0.2) is 0 Å². The first-order valence-corrected chi connectivity index (χ1v) is 5.86. The van der Waals surface area contributed by atoms with Crippen molar-refractivity contribution in [3.8, 4) is 11.8 Å². The van der Waals surface area contributed by atoms with Gasteiger partial charge in [-0.1, -0.05) is 23.3 Å². The summed E-state index contributed by atoms with van der Waals surface area (Å²) in [6.45, 7) is 1.93. The molecule has 1 aromatic heterocycles. The molecule has 0 atom stereocenters. The third-order valence-electron chi connectivity index (χ3n) is 2.75. The fraction of sp³-hybridized carbons (Fsp3) is 0.0714. The number of nitrogen functional groups attached to an aromatic ring is 1. The lowest BCUT2D eigenvalue weighted by molar-refractivity contribution is 0.434. The van der Waals surface area contributed by atoms with E-state index >= 15 is 0 Å². The molecule has 0 aliphatic carbocycles. The normalized spacial score (nSPS) is 10.6. The quantitative estimate of drug-likeness (QED) is 0.710. The van der Waals surface area contributed by atoms with Gasteiger partial charge < -0.3 is 10.5 Å². The molecule has 0 amide bonds. The fourth-order valence-electron chi connectivity index (χ4n) is 1.73. The number of benzene rings is 2. The van der Waals surface area contributed by atoms with Crippen LogP contribution in [-0.4, -0.2) is 15.2 Å². The summed E-state index contributed by atoms with van der Waals surface area (Å²) in [5.41, 5.74) is 8.81. The zero-order chi connectivity index (χ0) is 13.2. The van der Waals surface area contributed by atoms with E-state index in [4.69, 9.17) is 10.5 Å². The van der Waals surface area contributed by atoms with Crippen LogP contribution in [0.5, 0.6) is 11.8 Å². The van der Waals surface area contributed by atoms with Crippen LogP contribution >= 0.6 is 0 Å². The summed E-state index contributed by atoms with van der Waals surface area (Å²) >= 11 is 0. The van der Waals surface area contributed by atoms with Crippen molar-refractivity contribution in [2.45, 2.75) is 6.92 Å². The average molecular weight is 252 g/mol. The minimum atomic E-state index is 0.215. The first-order valence-electron chi connectivity index (χ1n) is 5.86. The Morgan fingerprint density at radius 3 is 2.63 bits per heavy atom. The number of aromatic nitrogens is 3. The lowest BCUT2D eigenvalue weighted by Crippen LogP contribution is -1.97. The minimum Gasteiger partial charge on any atom is -0.423 e. The van der Waals surface area contributed by atoms with E-state index in [9.17, 15) is 0 Å². The molecule has 5 nitrogen and oxygen atoms in total. The van der Waals surface area contributed by atoms with Gasteiger partial charge in [-0.15, -0.1) is 5.10 Å². The fourth-order valence-corrected chi connectivity index (χ4v) is 1.73. The van der Waals surface area contributed by atoms with Crippen LogP contribution in [0.25, 0.3) is 11.0 Å². The van der Waals surface area contributed by atoms with Gasteiger partial charge in [0.05, 0.1) is 5.52 Å². The Hall–Kier alpha value is -2.69. The van der Waals surface area contributed by atoms with Gasteiger partial charge >= 0.3 is 6.01 Å². The van der Waals surface area contributed by atoms with Crippen LogP contribution in [0.1, 0.15) is 5.56 Å². The Morgan fingerprint density at radius 2 is 1.79 bits per heavy atom. The maximum Gasteiger partial charge on any atom is 0.341 e. The second-order valence-electron chi connectivity index (χ2n) is 4.21. The van der Waals surface area contributed by atoms with Gasteiger partial charge in [0.1, 0.15) is 11.3 Å². The molecule has 0 spiro atoms. The lowest BCUT2D eigenvalue weighted by Gasteiger charge is -2.07. The molecule has 1 heterocycles. The highest BCUT2D eigenvalue weighted by molar-refractivity contribution is 5.73. The number of hydrogen-bond donors (Lipinski definition) is 1. The second kappa shape index (κ2) is 4.53. The smallest absolute Gasteiger partial charge is 0.341 e. The molecule has 3 rings (SSSR count). The Morgan fingerprint density at radius 1 is 1.00 bits per heavy atom. The molecule has 0 saturated heterocycles. The molecule has 0 aliphatic heterocycles. The summed E-state index contributed by atoms with van der Waals surface area (Å²) in [5, 5.41) is 8.01. The van der Waals surface area contributed by atoms with Crippen LogP contribution in [0.2, 0.25) is 0 Å². The molecule has 5 heteroatoms. The van der Waals surface area contributed by atoms with Crippen molar-refractivity contribution >= 4 is 16.7 Å². The number of nitrogens with two attached hydrogens (primary N) is 1. The van der Waals surface area contributed by atoms with Gasteiger partial charge in [0.25, 0.3) is 0 Å². The zero-order valence-electron chi connectivity index (χ0n) is 10.4. The predicted octanol–water partition coefficient (Wildman–Crippen LogP) is 2.71. The number of rotatable bonds is 2. The summed E-state index contributed by atoms with van der Waals surface area (Å²) in [6.07, 6.45) is 0. The van der Waals surface area contributed by atoms with E-state index < -0.39 is 0 Å². The zero-order valence-corrected chi connectivity index (χ0v) is 10.4. The molecular formula is C14H12N4O. The molecule has 19 heavy (non-hydrogen) atoms. The molecule has 0 aliphatic rings. The topological polar surface area (TPSA) is 73.9 Å². The van der Waals surface area contributed by atoms with Crippen molar-refractivity contribution in [2.24, 2.45) is 0 Å². The number of para-hydroxylation sites is 1. The highest BCUT2D eigenvalue weighted by Gasteiger charge is 2.06. The third-order valence-corrected chi connectivity index (χ3v) is 2.75. The molecule has 0 fully saturated rings. The van der Waals surface area contributed by atoms with Crippen LogP contribution in [0.4, 0.5) is 5.69 Å². The highest BCUT2D eigenvalue weighted by atomic mass is 16.5. The molecule has 2 aromatic carbocycles. The Balaban J connectivity index is 1.98. The summed E-state index contributed by atoms with van der Waals surface area (Å²) in [6, 6.07) is 13.2. The molecule has 3 aromatic rings. The first-order chi connectivity index (χ1) is 9.22. The van der Waals surface area contributed by atoms with Crippen LogP contribution in [0.15, 0.2) is 42.5 Å². The van der Waals surface area contributed by atoms with Crippen molar-refractivity contribution in [1.29, 1.82) is 0 Å². The van der Waals surface area contributed by atoms with Crippen molar-refractivity contribution < 1.29 is 4.74 Å². The molecule has 0 radical (unpaired) electrons. The standard InChI is InChI=1S/C14H12N4O/c1-9-6-7-10(15)8-13(9)19-14-16-11-4-2-3-5-12(11)17-18-14/h2-8H,15H2,1H3. The van der Waals surface area contributed by atoms with Crippen molar-refractivity contribution in [3.63, 3.8) is 0 Å². The van der Waals surface area contributed by atoms with Crippen LogP contribution in [0, 0.1) is 6.92 Å². The molecule has 0 bridgehead atoms. The number of hydrogen-bond acceptors (Lipinski definition) is 5. The largest absolute Gasteiger partial charge is 0.423 e.